The van der Waals surface area contributed by atoms with E-state index in [0.29, 0.717) is 0 Å². The fourth-order valence-electron chi connectivity index (χ4n) is 1.25. The van der Waals surface area contributed by atoms with Crippen LogP contribution in [0.4, 0.5) is 0 Å². The number of rotatable bonds is 5. The third-order valence-electron chi connectivity index (χ3n) is 2.01. The van der Waals surface area contributed by atoms with Crippen molar-refractivity contribution in [1.29, 1.82) is 0 Å². The van der Waals surface area contributed by atoms with Crippen LogP contribution in [0, 0.1) is 0 Å². The van der Waals surface area contributed by atoms with E-state index in [1.165, 1.54) is 5.56 Å². The number of hydrogen-bond acceptors (Lipinski definition) is 4. The molecule has 1 aromatic carbocycles. The Bertz CT molecular complexity index is 289. The van der Waals surface area contributed by atoms with Crippen LogP contribution >= 0.6 is 0 Å². The Morgan fingerprint density at radius 2 is 1.93 bits per heavy atom. The molecule has 0 atom stereocenters. The number of hydrazine groups is 1. The number of hydrogen-bond donors (Lipinski definition) is 2. The zero-order valence-electron chi connectivity index (χ0n) is 8.54. The molecular weight excluding hydrogens is 180 g/mol. The highest BCUT2D eigenvalue weighted by atomic mass is 16.5. The molecule has 0 heterocycles. The Hall–Kier alpha value is -1.26. The van der Waals surface area contributed by atoms with Crippen LogP contribution in [0.3, 0.4) is 0 Å². The molecule has 0 saturated heterocycles. The van der Waals surface area contributed by atoms with Crippen LogP contribution in [-0.4, -0.2) is 20.8 Å². The number of ether oxygens (including phenoxy) is 2. The van der Waals surface area contributed by atoms with Gasteiger partial charge in [-0.2, -0.15) is 0 Å². The Morgan fingerprint density at radius 3 is 2.50 bits per heavy atom. The lowest BCUT2D eigenvalue weighted by Gasteiger charge is -2.09. The Kier molecular flexibility index (Phi) is 4.22. The number of nitrogens with two attached hydrogens (primary N) is 1. The van der Waals surface area contributed by atoms with Gasteiger partial charge in [0.2, 0.25) is 0 Å². The Balaban J connectivity index is 2.79. The first-order valence-corrected chi connectivity index (χ1v) is 4.46. The van der Waals surface area contributed by atoms with Crippen LogP contribution in [0.5, 0.6) is 11.5 Å². The van der Waals surface area contributed by atoms with Crippen molar-refractivity contribution in [3.63, 3.8) is 0 Å². The van der Waals surface area contributed by atoms with E-state index in [1.54, 1.807) is 14.2 Å². The van der Waals surface area contributed by atoms with Gasteiger partial charge >= 0.3 is 0 Å². The molecule has 3 N–H and O–H groups in total. The summed E-state index contributed by atoms with van der Waals surface area (Å²) in [5, 5.41) is 0. The van der Waals surface area contributed by atoms with Crippen molar-refractivity contribution in [1.82, 2.24) is 5.43 Å². The highest BCUT2D eigenvalue weighted by Gasteiger charge is 2.03. The fourth-order valence-corrected chi connectivity index (χ4v) is 1.25. The summed E-state index contributed by atoms with van der Waals surface area (Å²) in [6.45, 7) is 0.746. The maximum absolute atomic E-state index is 5.20. The van der Waals surface area contributed by atoms with Crippen molar-refractivity contribution in [3.8, 4) is 11.5 Å². The monoisotopic (exact) mass is 196 g/mol. The van der Waals surface area contributed by atoms with Gasteiger partial charge in [-0.1, -0.05) is 6.07 Å². The van der Waals surface area contributed by atoms with E-state index >= 15 is 0 Å². The summed E-state index contributed by atoms with van der Waals surface area (Å²) in [6.07, 6.45) is 0.872. The van der Waals surface area contributed by atoms with Gasteiger partial charge in [0.05, 0.1) is 14.2 Å². The van der Waals surface area contributed by atoms with Crippen molar-refractivity contribution < 1.29 is 9.47 Å². The molecule has 0 aromatic heterocycles. The normalized spacial score (nSPS) is 9.93. The molecular formula is C10H16N2O2. The van der Waals surface area contributed by atoms with E-state index in [4.69, 9.17) is 15.3 Å². The van der Waals surface area contributed by atoms with Crippen LogP contribution in [0.2, 0.25) is 0 Å². The molecule has 14 heavy (non-hydrogen) atoms. The van der Waals surface area contributed by atoms with Crippen LogP contribution in [0.15, 0.2) is 18.2 Å². The topological polar surface area (TPSA) is 56.5 Å². The minimum absolute atomic E-state index is 0.746. The smallest absolute Gasteiger partial charge is 0.160 e. The second-order valence-corrected chi connectivity index (χ2v) is 2.89. The molecule has 0 bridgehead atoms. The summed E-state index contributed by atoms with van der Waals surface area (Å²) >= 11 is 0. The van der Waals surface area contributed by atoms with Gasteiger partial charge in [0.1, 0.15) is 0 Å². The maximum Gasteiger partial charge on any atom is 0.160 e. The average molecular weight is 196 g/mol. The number of nitrogens with one attached hydrogen (secondary N) is 1. The van der Waals surface area contributed by atoms with Gasteiger partial charge in [0, 0.05) is 6.54 Å². The third kappa shape index (κ3) is 2.61. The second-order valence-electron chi connectivity index (χ2n) is 2.89. The molecule has 0 aliphatic rings. The van der Waals surface area contributed by atoms with Crippen molar-refractivity contribution in [2.24, 2.45) is 5.84 Å². The predicted octanol–water partition coefficient (Wildman–Crippen LogP) is 0.710. The lowest BCUT2D eigenvalue weighted by Crippen LogP contribution is -2.24. The molecule has 0 saturated carbocycles. The van der Waals surface area contributed by atoms with Crippen LogP contribution in [0.25, 0.3) is 0 Å². The lowest BCUT2D eigenvalue weighted by atomic mass is 10.1. The molecule has 0 radical (unpaired) electrons. The first-order chi connectivity index (χ1) is 6.81. The van der Waals surface area contributed by atoms with Crippen LogP contribution in [-0.2, 0) is 6.42 Å². The van der Waals surface area contributed by atoms with Crippen LogP contribution < -0.4 is 20.7 Å². The summed E-state index contributed by atoms with van der Waals surface area (Å²) in [4.78, 5) is 0. The minimum atomic E-state index is 0.746. The molecule has 0 amide bonds. The molecule has 4 heteroatoms. The first kappa shape index (κ1) is 10.8. The van der Waals surface area contributed by atoms with E-state index in [9.17, 15) is 0 Å². The van der Waals surface area contributed by atoms with Crippen LogP contribution in [0.1, 0.15) is 5.56 Å². The first-order valence-electron chi connectivity index (χ1n) is 4.46. The summed E-state index contributed by atoms with van der Waals surface area (Å²) in [7, 11) is 3.25. The largest absolute Gasteiger partial charge is 0.493 e. The molecule has 1 rings (SSSR count). The quantitative estimate of drug-likeness (QED) is 0.538. The van der Waals surface area contributed by atoms with E-state index < -0.39 is 0 Å². The summed E-state index contributed by atoms with van der Waals surface area (Å²) < 4.78 is 10.3. The van der Waals surface area contributed by atoms with Gasteiger partial charge in [0.15, 0.2) is 11.5 Å². The average Bonchev–Trinajstić information content (AvgIpc) is 2.25. The molecule has 0 fully saturated rings. The Morgan fingerprint density at radius 1 is 1.21 bits per heavy atom. The lowest BCUT2D eigenvalue weighted by molar-refractivity contribution is 0.354. The molecule has 0 unspecified atom stereocenters. The number of methoxy groups -OCH3 is 2. The van der Waals surface area contributed by atoms with E-state index in [2.05, 4.69) is 5.43 Å². The van der Waals surface area contributed by atoms with Gasteiger partial charge in [-0.05, 0) is 24.1 Å². The maximum atomic E-state index is 5.20. The molecule has 0 aliphatic heterocycles. The van der Waals surface area contributed by atoms with Crippen molar-refractivity contribution in [2.45, 2.75) is 6.42 Å². The predicted molar refractivity (Wildman–Crippen MR) is 55.4 cm³/mol. The van der Waals surface area contributed by atoms with Gasteiger partial charge in [-0.25, -0.2) is 0 Å². The van der Waals surface area contributed by atoms with Crippen molar-refractivity contribution in [2.75, 3.05) is 20.8 Å². The van der Waals surface area contributed by atoms with Gasteiger partial charge in [-0.3, -0.25) is 11.3 Å². The molecule has 78 valence electrons. The summed E-state index contributed by atoms with van der Waals surface area (Å²) in [5.41, 5.74) is 3.78. The zero-order valence-corrected chi connectivity index (χ0v) is 8.54. The standard InChI is InChI=1S/C10H16N2O2/c1-13-9-4-3-8(5-6-12-11)7-10(9)14-2/h3-4,7,12H,5-6,11H2,1-2H3. The third-order valence-corrected chi connectivity index (χ3v) is 2.01. The van der Waals surface area contributed by atoms with Crippen molar-refractivity contribution >= 4 is 0 Å². The van der Waals surface area contributed by atoms with E-state index in [0.717, 1.165) is 24.5 Å². The number of benzene rings is 1. The minimum Gasteiger partial charge on any atom is -0.493 e. The van der Waals surface area contributed by atoms with Gasteiger partial charge < -0.3 is 9.47 Å². The Labute approximate surface area is 84.0 Å². The fraction of sp³-hybridized carbons (Fsp3) is 0.400. The highest BCUT2D eigenvalue weighted by Crippen LogP contribution is 2.27. The van der Waals surface area contributed by atoms with E-state index in [-0.39, 0.29) is 0 Å². The van der Waals surface area contributed by atoms with Gasteiger partial charge in [0.25, 0.3) is 0 Å². The molecule has 0 spiro atoms. The van der Waals surface area contributed by atoms with Gasteiger partial charge in [-0.15, -0.1) is 0 Å². The SMILES string of the molecule is COc1ccc(CCNN)cc1OC. The van der Waals surface area contributed by atoms with Crippen molar-refractivity contribution in [3.05, 3.63) is 23.8 Å². The molecule has 4 nitrogen and oxygen atoms in total. The zero-order chi connectivity index (χ0) is 10.4. The highest BCUT2D eigenvalue weighted by molar-refractivity contribution is 5.42. The molecule has 1 aromatic rings. The summed E-state index contributed by atoms with van der Waals surface area (Å²) in [5.74, 6) is 6.70. The molecule has 0 aliphatic carbocycles. The van der Waals surface area contributed by atoms with E-state index in [1.807, 2.05) is 18.2 Å². The summed E-state index contributed by atoms with van der Waals surface area (Å²) in [6, 6.07) is 5.85. The second kappa shape index (κ2) is 5.47.